The number of carbonyl (C=O) groups is 3. The van der Waals surface area contributed by atoms with E-state index in [1.165, 1.54) is 18.2 Å². The lowest BCUT2D eigenvalue weighted by Crippen LogP contribution is -2.47. The number of benzene rings is 2. The summed E-state index contributed by atoms with van der Waals surface area (Å²) in [6, 6.07) is 10.9. The molecule has 0 aliphatic heterocycles. The summed E-state index contributed by atoms with van der Waals surface area (Å²) in [5.41, 5.74) is 6.77. The quantitative estimate of drug-likeness (QED) is 0.265. The number of primary amides is 1. The van der Waals surface area contributed by atoms with Gasteiger partial charge < -0.3 is 31.1 Å². The van der Waals surface area contributed by atoms with Gasteiger partial charge in [-0.2, -0.15) is 0 Å². The Labute approximate surface area is 224 Å². The number of nitrogens with zero attached hydrogens (tertiary/aromatic N) is 1. The van der Waals surface area contributed by atoms with Crippen LogP contribution in [0.25, 0.3) is 0 Å². The second kappa shape index (κ2) is 15.4. The number of nitrogens with one attached hydrogen (secondary N) is 2. The first-order valence-corrected chi connectivity index (χ1v) is 12.7. The van der Waals surface area contributed by atoms with E-state index in [1.807, 2.05) is 38.1 Å². The molecule has 9 nitrogen and oxygen atoms in total. The van der Waals surface area contributed by atoms with Crippen LogP contribution < -0.4 is 21.1 Å². The highest BCUT2D eigenvalue weighted by Gasteiger charge is 2.23. The molecule has 0 aliphatic carbocycles. The number of terminal acetylenes is 1. The molecule has 9 heteroatoms. The molecule has 0 saturated carbocycles. The van der Waals surface area contributed by atoms with Gasteiger partial charge in [0.1, 0.15) is 5.75 Å². The standard InChI is InChI=1S/C29H38N4O5/c1-5-9-25(26(34)19-31-18-20-10-8-11-24(14-20)38-4)32-28(36)22-15-21(27(30)35)16-23(17-22)29(37)33(12-6-2)13-7-3/h1,8,10-11,14-17,25-26,31,34H,6-7,9,12-13,18-19H2,2-4H3,(H2,30,35)(H,32,36)/t25-,26+/m0/s1. The van der Waals surface area contributed by atoms with Gasteiger partial charge in [0.2, 0.25) is 5.91 Å². The summed E-state index contributed by atoms with van der Waals surface area (Å²) in [6.45, 7) is 5.68. The number of carbonyl (C=O) groups excluding carboxylic acids is 3. The molecule has 38 heavy (non-hydrogen) atoms. The van der Waals surface area contributed by atoms with Gasteiger partial charge in [0.15, 0.2) is 0 Å². The molecule has 0 radical (unpaired) electrons. The SMILES string of the molecule is C#CC[C@H](NC(=O)c1cc(C(N)=O)cc(C(=O)N(CCC)CCC)c1)[C@H](O)CNCc1cccc(OC)c1. The third-order valence-corrected chi connectivity index (χ3v) is 5.94. The predicted octanol–water partition coefficient (Wildman–Crippen LogP) is 2.33. The Morgan fingerprint density at radius 2 is 1.74 bits per heavy atom. The van der Waals surface area contributed by atoms with E-state index < -0.39 is 24.0 Å². The number of amides is 3. The maximum atomic E-state index is 13.2. The van der Waals surface area contributed by atoms with Crippen LogP contribution in [0, 0.1) is 12.3 Å². The molecule has 2 atom stereocenters. The summed E-state index contributed by atoms with van der Waals surface area (Å²) in [6.07, 6.45) is 6.12. The van der Waals surface area contributed by atoms with Gasteiger partial charge >= 0.3 is 0 Å². The first kappa shape index (κ1) is 30.4. The Kier molecular flexibility index (Phi) is 12.3. The summed E-state index contributed by atoms with van der Waals surface area (Å²) < 4.78 is 5.22. The van der Waals surface area contributed by atoms with Crippen molar-refractivity contribution in [3.05, 3.63) is 64.7 Å². The van der Waals surface area contributed by atoms with Crippen molar-refractivity contribution in [1.82, 2.24) is 15.5 Å². The zero-order valence-corrected chi connectivity index (χ0v) is 22.3. The smallest absolute Gasteiger partial charge is 0.253 e. The second-order valence-corrected chi connectivity index (χ2v) is 8.99. The Hall–Kier alpha value is -3.87. The largest absolute Gasteiger partial charge is 0.497 e. The molecule has 0 heterocycles. The van der Waals surface area contributed by atoms with Gasteiger partial charge in [-0.15, -0.1) is 12.3 Å². The van der Waals surface area contributed by atoms with Crippen LogP contribution in [-0.2, 0) is 6.54 Å². The van der Waals surface area contributed by atoms with Crippen LogP contribution in [0.3, 0.4) is 0 Å². The van der Waals surface area contributed by atoms with Crippen molar-refractivity contribution in [2.75, 3.05) is 26.7 Å². The molecule has 0 unspecified atom stereocenters. The van der Waals surface area contributed by atoms with Crippen molar-refractivity contribution in [3.8, 4) is 18.1 Å². The fourth-order valence-electron chi connectivity index (χ4n) is 4.01. The number of hydrogen-bond acceptors (Lipinski definition) is 6. The summed E-state index contributed by atoms with van der Waals surface area (Å²) in [5.74, 6) is 1.59. The van der Waals surface area contributed by atoms with Gasteiger partial charge in [0, 0.05) is 49.3 Å². The lowest BCUT2D eigenvalue weighted by atomic mass is 10.0. The summed E-state index contributed by atoms with van der Waals surface area (Å²) in [4.78, 5) is 40.0. The number of aliphatic hydroxyl groups excluding tert-OH is 1. The zero-order chi connectivity index (χ0) is 28.1. The summed E-state index contributed by atoms with van der Waals surface area (Å²) in [7, 11) is 1.59. The lowest BCUT2D eigenvalue weighted by Gasteiger charge is -2.24. The highest BCUT2D eigenvalue weighted by atomic mass is 16.5. The molecule has 0 spiro atoms. The molecule has 0 fully saturated rings. The number of aliphatic hydroxyl groups is 1. The predicted molar refractivity (Wildman–Crippen MR) is 147 cm³/mol. The van der Waals surface area contributed by atoms with Crippen molar-refractivity contribution in [1.29, 1.82) is 0 Å². The fraction of sp³-hybridized carbons (Fsp3) is 0.414. The topological polar surface area (TPSA) is 134 Å². The summed E-state index contributed by atoms with van der Waals surface area (Å²) in [5, 5.41) is 16.7. The minimum absolute atomic E-state index is 0.0444. The first-order valence-electron chi connectivity index (χ1n) is 12.7. The Bertz CT molecular complexity index is 1140. The van der Waals surface area contributed by atoms with E-state index in [1.54, 1.807) is 12.0 Å². The van der Waals surface area contributed by atoms with Gasteiger partial charge in [0.05, 0.1) is 19.3 Å². The normalized spacial score (nSPS) is 12.2. The third kappa shape index (κ3) is 8.91. The monoisotopic (exact) mass is 522 g/mol. The van der Waals surface area contributed by atoms with Crippen molar-refractivity contribution in [3.63, 3.8) is 0 Å². The summed E-state index contributed by atoms with van der Waals surface area (Å²) >= 11 is 0. The second-order valence-electron chi connectivity index (χ2n) is 8.99. The maximum Gasteiger partial charge on any atom is 0.253 e. The van der Waals surface area contributed by atoms with E-state index >= 15 is 0 Å². The van der Waals surface area contributed by atoms with Crippen LogP contribution in [-0.4, -0.2) is 66.6 Å². The van der Waals surface area contributed by atoms with E-state index in [9.17, 15) is 19.5 Å². The average molecular weight is 523 g/mol. The van der Waals surface area contributed by atoms with Gasteiger partial charge in [-0.3, -0.25) is 14.4 Å². The Balaban J connectivity index is 2.17. The molecule has 2 rings (SSSR count). The van der Waals surface area contributed by atoms with E-state index in [2.05, 4.69) is 16.6 Å². The van der Waals surface area contributed by atoms with Gasteiger partial charge in [-0.25, -0.2) is 0 Å². The molecule has 2 aromatic carbocycles. The molecule has 0 aliphatic rings. The van der Waals surface area contributed by atoms with Crippen LogP contribution in [0.15, 0.2) is 42.5 Å². The number of nitrogens with two attached hydrogens (primary N) is 1. The number of hydrogen-bond donors (Lipinski definition) is 4. The van der Waals surface area contributed by atoms with Crippen molar-refractivity contribution < 1.29 is 24.2 Å². The molecule has 0 saturated heterocycles. The molecule has 0 aromatic heterocycles. The van der Waals surface area contributed by atoms with E-state index in [-0.39, 0.29) is 35.6 Å². The van der Waals surface area contributed by atoms with E-state index in [0.29, 0.717) is 19.6 Å². The lowest BCUT2D eigenvalue weighted by molar-refractivity contribution is 0.0755. The third-order valence-electron chi connectivity index (χ3n) is 5.94. The molecule has 3 amide bonds. The molecule has 5 N–H and O–H groups in total. The van der Waals surface area contributed by atoms with E-state index in [0.717, 1.165) is 24.2 Å². The zero-order valence-electron chi connectivity index (χ0n) is 22.3. The van der Waals surface area contributed by atoms with Crippen molar-refractivity contribution >= 4 is 17.7 Å². The molecule has 2 aromatic rings. The fourth-order valence-corrected chi connectivity index (χ4v) is 4.01. The number of ether oxygens (including phenoxy) is 1. The van der Waals surface area contributed by atoms with Gasteiger partial charge in [-0.05, 0) is 48.7 Å². The molecular weight excluding hydrogens is 484 g/mol. The van der Waals surface area contributed by atoms with Gasteiger partial charge in [0.25, 0.3) is 11.8 Å². The minimum atomic E-state index is -0.995. The average Bonchev–Trinajstić information content (AvgIpc) is 2.92. The van der Waals surface area contributed by atoms with Crippen LogP contribution in [0.5, 0.6) is 5.75 Å². The highest BCUT2D eigenvalue weighted by Crippen LogP contribution is 2.15. The maximum absolute atomic E-state index is 13.2. The van der Waals surface area contributed by atoms with Crippen LogP contribution in [0.4, 0.5) is 0 Å². The Morgan fingerprint density at radius 3 is 2.34 bits per heavy atom. The number of methoxy groups -OCH3 is 1. The van der Waals surface area contributed by atoms with Gasteiger partial charge in [-0.1, -0.05) is 26.0 Å². The molecule has 204 valence electrons. The Morgan fingerprint density at radius 1 is 1.08 bits per heavy atom. The van der Waals surface area contributed by atoms with Crippen molar-refractivity contribution in [2.24, 2.45) is 5.73 Å². The number of rotatable bonds is 15. The van der Waals surface area contributed by atoms with Crippen LogP contribution in [0.1, 0.15) is 69.7 Å². The first-order chi connectivity index (χ1) is 18.2. The van der Waals surface area contributed by atoms with Crippen LogP contribution in [0.2, 0.25) is 0 Å². The van der Waals surface area contributed by atoms with Crippen molar-refractivity contribution in [2.45, 2.75) is 51.8 Å². The molecular formula is C29H38N4O5. The highest BCUT2D eigenvalue weighted by molar-refractivity contribution is 6.04. The minimum Gasteiger partial charge on any atom is -0.497 e. The van der Waals surface area contributed by atoms with Crippen LogP contribution >= 0.6 is 0 Å². The van der Waals surface area contributed by atoms with E-state index in [4.69, 9.17) is 16.9 Å². The molecule has 0 bridgehead atoms.